The zero-order valence-corrected chi connectivity index (χ0v) is 28.1. The van der Waals surface area contributed by atoms with E-state index in [0.29, 0.717) is 60.6 Å². The van der Waals surface area contributed by atoms with Gasteiger partial charge in [-0.1, -0.05) is 12.5 Å². The fourth-order valence-corrected chi connectivity index (χ4v) is 6.89. The highest BCUT2D eigenvalue weighted by molar-refractivity contribution is 5.83. The number of hydrogen-bond acceptors (Lipinski definition) is 6. The van der Waals surface area contributed by atoms with Crippen LogP contribution in [0, 0.1) is 11.3 Å². The molecule has 6 rings (SSSR count). The molecule has 9 nitrogen and oxygen atoms in total. The van der Waals surface area contributed by atoms with Crippen molar-refractivity contribution in [1.82, 2.24) is 25.2 Å². The quantitative estimate of drug-likeness (QED) is 0.0585. The predicted octanol–water partition coefficient (Wildman–Crippen LogP) is 7.52. The number of ether oxygens (including phenoxy) is 1. The summed E-state index contributed by atoms with van der Waals surface area (Å²) in [5.41, 5.74) is 6.13. The Morgan fingerprint density at radius 2 is 1.88 bits per heavy atom. The molecule has 0 radical (unpaired) electrons. The number of fused-ring (bicyclic) bond motifs is 1. The molecule has 1 saturated heterocycles. The van der Waals surface area contributed by atoms with Crippen molar-refractivity contribution in [2.24, 2.45) is 11.7 Å². The number of halogens is 6. The number of rotatable bonds is 12. The number of nitrogens with two attached hydrogens (primary N) is 1. The summed E-state index contributed by atoms with van der Waals surface area (Å²) >= 11 is 0. The van der Waals surface area contributed by atoms with E-state index in [9.17, 15) is 31.1 Å². The van der Waals surface area contributed by atoms with Gasteiger partial charge in [-0.25, -0.2) is 4.79 Å². The Hall–Kier alpha value is -4.37. The van der Waals surface area contributed by atoms with Crippen LogP contribution in [0.2, 0.25) is 0 Å². The van der Waals surface area contributed by atoms with E-state index in [2.05, 4.69) is 25.3 Å². The number of nitrogens with one attached hydrogen (secondary N) is 4. The Morgan fingerprint density at radius 3 is 2.59 bits per heavy atom. The number of aryl methyl sites for hydroxylation is 1. The van der Waals surface area contributed by atoms with Gasteiger partial charge in [0.05, 0.1) is 17.1 Å². The molecule has 2 fully saturated rings. The first-order valence-electron chi connectivity index (χ1n) is 17.2. The van der Waals surface area contributed by atoms with Crippen molar-refractivity contribution in [3.05, 3.63) is 75.8 Å². The van der Waals surface area contributed by atoms with Crippen LogP contribution in [0.1, 0.15) is 81.0 Å². The first-order chi connectivity index (χ1) is 24.1. The first-order valence-corrected chi connectivity index (χ1v) is 17.2. The molecule has 1 saturated carbocycles. The molecule has 1 aliphatic carbocycles. The van der Waals surface area contributed by atoms with Crippen LogP contribution in [0.15, 0.2) is 53.5 Å². The topological polar surface area (TPSA) is 134 Å². The monoisotopic (exact) mass is 717 g/mol. The highest BCUT2D eigenvalue weighted by Gasteiger charge is 2.35. The minimum atomic E-state index is -5.00. The number of alkyl halides is 6. The van der Waals surface area contributed by atoms with Crippen molar-refractivity contribution in [3.8, 4) is 22.7 Å². The molecule has 2 aromatic heterocycles. The summed E-state index contributed by atoms with van der Waals surface area (Å²) in [7, 11) is 0. The average Bonchev–Trinajstić information content (AvgIpc) is 3.83. The van der Waals surface area contributed by atoms with E-state index in [1.165, 1.54) is 18.3 Å². The lowest BCUT2D eigenvalue weighted by atomic mass is 9.91. The summed E-state index contributed by atoms with van der Waals surface area (Å²) in [5, 5.41) is 14.3. The number of piperidine rings is 1. The molecule has 3 atom stereocenters. The van der Waals surface area contributed by atoms with Crippen LogP contribution in [0.5, 0.6) is 5.75 Å². The Morgan fingerprint density at radius 1 is 1.10 bits per heavy atom. The number of aromatic amines is 1. The fourth-order valence-electron chi connectivity index (χ4n) is 6.89. The summed E-state index contributed by atoms with van der Waals surface area (Å²) in [6.45, 7) is 2.18. The summed E-state index contributed by atoms with van der Waals surface area (Å²) in [6, 6.07) is 9.18. The molecule has 0 bridgehead atoms. The summed E-state index contributed by atoms with van der Waals surface area (Å²) in [5.74, 6) is 0.371. The summed E-state index contributed by atoms with van der Waals surface area (Å²) in [4.78, 5) is 20.2. The lowest BCUT2D eigenvalue weighted by molar-refractivity contribution is -0.275. The third kappa shape index (κ3) is 9.30. The standard InChI is InChI=1S/C36H41F6N7O2/c1-20(43)45-13-12-26-5-3-7-30(46-26)28-11-10-27(18-32(28)51-36(40,41)42)49-19-24-17-31(47-33(24)48-34(49)50)23-14-21(15-25(16-23)35(37,38)39)4-2-6-29(44)22-8-9-22/h10-11,14-19,22,26,29-30,46H,2-9,12-13,44H2,1H3,(H2,43,45)(H,47,48,50)/t26-,29?,30-/m0/s1. The molecule has 1 unspecified atom stereocenters. The van der Waals surface area contributed by atoms with Crippen molar-refractivity contribution < 1.29 is 31.1 Å². The SMILES string of the molecule is CC(=N)NCC[C@@H]1CCC[C@@H](c2ccc(-n3cc4cc(-c5cc(CCCC(N)C6CC6)cc(C(F)(F)F)c5)[nH]c4nc3=O)cc2OC(F)(F)F)N1. The second-order valence-corrected chi connectivity index (χ2v) is 13.6. The highest BCUT2D eigenvalue weighted by atomic mass is 19.4. The zero-order valence-electron chi connectivity index (χ0n) is 28.1. The molecule has 2 aliphatic rings. The zero-order chi connectivity index (χ0) is 36.5. The van der Waals surface area contributed by atoms with Gasteiger partial charge in [-0.15, -0.1) is 13.2 Å². The maximum absolute atomic E-state index is 13.9. The van der Waals surface area contributed by atoms with Crippen molar-refractivity contribution in [2.45, 2.75) is 95.4 Å². The second kappa shape index (κ2) is 14.7. The van der Waals surface area contributed by atoms with Crippen molar-refractivity contribution in [1.29, 1.82) is 5.41 Å². The van der Waals surface area contributed by atoms with E-state index in [4.69, 9.17) is 11.1 Å². The number of nitrogens with zero attached hydrogens (tertiary/aromatic N) is 2. The Balaban J connectivity index is 1.29. The van der Waals surface area contributed by atoms with E-state index in [1.54, 1.807) is 19.1 Å². The van der Waals surface area contributed by atoms with Gasteiger partial charge < -0.3 is 26.1 Å². The van der Waals surface area contributed by atoms with Crippen LogP contribution >= 0.6 is 0 Å². The van der Waals surface area contributed by atoms with Gasteiger partial charge in [0.1, 0.15) is 11.4 Å². The number of aromatic nitrogens is 3. The van der Waals surface area contributed by atoms with Crippen molar-refractivity contribution >= 4 is 16.9 Å². The number of hydrogen-bond donors (Lipinski definition) is 5. The fraction of sp³-hybridized carbons (Fsp3) is 0.472. The van der Waals surface area contributed by atoms with Crippen molar-refractivity contribution in [2.75, 3.05) is 6.54 Å². The number of benzene rings is 2. The number of H-pyrrole nitrogens is 1. The van der Waals surface area contributed by atoms with E-state index >= 15 is 0 Å². The van der Waals surface area contributed by atoms with Gasteiger partial charge >= 0.3 is 18.2 Å². The highest BCUT2D eigenvalue weighted by Crippen LogP contribution is 2.38. The molecular formula is C36H41F6N7O2. The molecule has 0 spiro atoms. The predicted molar refractivity (Wildman–Crippen MR) is 182 cm³/mol. The van der Waals surface area contributed by atoms with Gasteiger partial charge in [0.15, 0.2) is 0 Å². The lowest BCUT2D eigenvalue weighted by Gasteiger charge is -2.32. The van der Waals surface area contributed by atoms with E-state index in [0.717, 1.165) is 54.9 Å². The molecule has 15 heteroatoms. The number of amidine groups is 1. The Labute approximate surface area is 290 Å². The van der Waals surface area contributed by atoms with Crippen LogP contribution in [-0.4, -0.2) is 45.4 Å². The second-order valence-electron chi connectivity index (χ2n) is 13.6. The molecular weight excluding hydrogens is 676 g/mol. The van der Waals surface area contributed by atoms with Crippen LogP contribution in [0.4, 0.5) is 26.3 Å². The Kier molecular flexibility index (Phi) is 10.5. The molecule has 3 heterocycles. The smallest absolute Gasteiger partial charge is 0.405 e. The Bertz CT molecular complexity index is 1930. The summed E-state index contributed by atoms with van der Waals surface area (Å²) in [6.07, 6.45) is -1.38. The van der Waals surface area contributed by atoms with Crippen LogP contribution in [-0.2, 0) is 12.6 Å². The van der Waals surface area contributed by atoms with Gasteiger partial charge in [0.25, 0.3) is 0 Å². The van der Waals surface area contributed by atoms with Gasteiger partial charge in [-0.2, -0.15) is 18.2 Å². The summed E-state index contributed by atoms with van der Waals surface area (Å²) < 4.78 is 88.2. The van der Waals surface area contributed by atoms with E-state index in [1.807, 2.05) is 0 Å². The van der Waals surface area contributed by atoms with Crippen LogP contribution < -0.4 is 26.8 Å². The minimum Gasteiger partial charge on any atom is -0.405 e. The van der Waals surface area contributed by atoms with Gasteiger partial charge in [-0.3, -0.25) is 9.98 Å². The van der Waals surface area contributed by atoms with E-state index in [-0.39, 0.29) is 34.5 Å². The van der Waals surface area contributed by atoms with E-state index < -0.39 is 35.6 Å². The van der Waals surface area contributed by atoms with Gasteiger partial charge in [-0.05, 0) is 106 Å². The third-order valence-corrected chi connectivity index (χ3v) is 9.61. The normalized spacial score (nSPS) is 18.9. The van der Waals surface area contributed by atoms with Crippen LogP contribution in [0.25, 0.3) is 28.0 Å². The molecule has 6 N–H and O–H groups in total. The van der Waals surface area contributed by atoms with Crippen molar-refractivity contribution in [3.63, 3.8) is 0 Å². The molecule has 51 heavy (non-hydrogen) atoms. The van der Waals surface area contributed by atoms with Gasteiger partial charge in [0.2, 0.25) is 0 Å². The van der Waals surface area contributed by atoms with Crippen LogP contribution in [0.3, 0.4) is 0 Å². The van der Waals surface area contributed by atoms with Gasteiger partial charge in [0, 0.05) is 53.6 Å². The third-order valence-electron chi connectivity index (χ3n) is 9.61. The molecule has 4 aromatic rings. The molecule has 1 aliphatic heterocycles. The first kappa shape index (κ1) is 36.4. The largest absolute Gasteiger partial charge is 0.573 e. The minimum absolute atomic E-state index is 0.0181. The maximum atomic E-state index is 13.9. The molecule has 2 aromatic carbocycles. The molecule has 0 amide bonds. The molecule has 274 valence electrons. The lowest BCUT2D eigenvalue weighted by Crippen LogP contribution is -2.39. The average molecular weight is 718 g/mol. The maximum Gasteiger partial charge on any atom is 0.573 e.